The van der Waals surface area contributed by atoms with Crippen molar-refractivity contribution < 1.29 is 9.13 Å². The first-order valence-corrected chi connectivity index (χ1v) is 8.16. The largest absolute Gasteiger partial charge is 0.497 e. The Morgan fingerprint density at radius 2 is 2.00 bits per heavy atom. The summed E-state index contributed by atoms with van der Waals surface area (Å²) in [5.74, 6) is 0.783. The van der Waals surface area contributed by atoms with E-state index in [-0.39, 0.29) is 17.3 Å². The predicted octanol–water partition coefficient (Wildman–Crippen LogP) is 4.39. The Morgan fingerprint density at radius 3 is 2.74 bits per heavy atom. The van der Waals surface area contributed by atoms with Gasteiger partial charge in [-0.25, -0.2) is 4.39 Å². The zero-order chi connectivity index (χ0) is 16.4. The minimum absolute atomic E-state index is 0.0678. The number of nitrogens with one attached hydrogen (secondary N) is 1. The Kier molecular flexibility index (Phi) is 4.40. The first-order chi connectivity index (χ1) is 11.0. The lowest BCUT2D eigenvalue weighted by molar-refractivity contribution is 0.362. The maximum Gasteiger partial charge on any atom is 0.126 e. The molecule has 3 heteroatoms. The summed E-state index contributed by atoms with van der Waals surface area (Å²) >= 11 is 0. The molecule has 122 valence electrons. The molecule has 3 rings (SSSR count). The van der Waals surface area contributed by atoms with Crippen LogP contribution in [0.4, 0.5) is 4.39 Å². The van der Waals surface area contributed by atoms with E-state index in [4.69, 9.17) is 4.74 Å². The Bertz CT molecular complexity index is 696. The molecule has 2 nitrogen and oxygen atoms in total. The standard InChI is InChI=1S/C20H24FNO/c1-20(2)13-22-19(11-8-14-6-4-5-7-18(14)21)16-10-9-15(23-3)12-17(16)20/h4-7,9-10,12,19,22H,8,11,13H2,1-3H3. The molecule has 0 spiro atoms. The number of benzene rings is 2. The average Bonchev–Trinajstić information content (AvgIpc) is 2.55. The Morgan fingerprint density at radius 1 is 1.22 bits per heavy atom. The van der Waals surface area contributed by atoms with E-state index in [9.17, 15) is 4.39 Å². The highest BCUT2D eigenvalue weighted by molar-refractivity contribution is 5.43. The topological polar surface area (TPSA) is 21.3 Å². The van der Waals surface area contributed by atoms with Gasteiger partial charge in [0, 0.05) is 18.0 Å². The maximum absolute atomic E-state index is 13.8. The van der Waals surface area contributed by atoms with Crippen LogP contribution in [0.1, 0.15) is 43.0 Å². The lowest BCUT2D eigenvalue weighted by Crippen LogP contribution is -2.42. The summed E-state index contributed by atoms with van der Waals surface area (Å²) in [6.45, 7) is 5.39. The molecule has 1 aliphatic heterocycles. The summed E-state index contributed by atoms with van der Waals surface area (Å²) in [6, 6.07) is 13.6. The lowest BCUT2D eigenvalue weighted by atomic mass is 9.76. The molecule has 0 radical (unpaired) electrons. The van der Waals surface area contributed by atoms with Crippen molar-refractivity contribution in [1.82, 2.24) is 5.32 Å². The molecule has 1 unspecified atom stereocenters. The number of ether oxygens (including phenoxy) is 1. The van der Waals surface area contributed by atoms with Crippen LogP contribution in [-0.4, -0.2) is 13.7 Å². The van der Waals surface area contributed by atoms with E-state index in [0.29, 0.717) is 0 Å². The van der Waals surface area contributed by atoms with Crippen LogP contribution in [0.25, 0.3) is 0 Å². The third kappa shape index (κ3) is 3.25. The summed E-state index contributed by atoms with van der Waals surface area (Å²) in [4.78, 5) is 0. The van der Waals surface area contributed by atoms with E-state index in [1.54, 1.807) is 13.2 Å². The summed E-state index contributed by atoms with van der Waals surface area (Å²) in [5, 5.41) is 3.63. The predicted molar refractivity (Wildman–Crippen MR) is 91.5 cm³/mol. The van der Waals surface area contributed by atoms with Crippen molar-refractivity contribution in [3.8, 4) is 5.75 Å². The second-order valence-electron chi connectivity index (χ2n) is 6.90. The Hall–Kier alpha value is -1.87. The van der Waals surface area contributed by atoms with Gasteiger partial charge in [-0.2, -0.15) is 0 Å². The third-order valence-corrected chi connectivity index (χ3v) is 4.82. The van der Waals surface area contributed by atoms with Crippen molar-refractivity contribution in [3.63, 3.8) is 0 Å². The smallest absolute Gasteiger partial charge is 0.126 e. The number of hydrogen-bond donors (Lipinski definition) is 1. The molecule has 0 saturated heterocycles. The van der Waals surface area contributed by atoms with Gasteiger partial charge in [-0.3, -0.25) is 0 Å². The first-order valence-electron chi connectivity index (χ1n) is 8.16. The minimum atomic E-state index is -0.112. The first kappa shape index (κ1) is 16.0. The molecule has 0 saturated carbocycles. The fourth-order valence-electron chi connectivity index (χ4n) is 3.39. The molecule has 23 heavy (non-hydrogen) atoms. The molecule has 2 aromatic carbocycles. The molecule has 0 fully saturated rings. The monoisotopic (exact) mass is 313 g/mol. The van der Waals surface area contributed by atoms with E-state index in [2.05, 4.69) is 31.3 Å². The molecular formula is C20H24FNO. The van der Waals surface area contributed by atoms with E-state index < -0.39 is 0 Å². The molecule has 2 aromatic rings. The quantitative estimate of drug-likeness (QED) is 0.904. The Balaban J connectivity index is 1.84. The molecule has 0 aliphatic carbocycles. The van der Waals surface area contributed by atoms with Gasteiger partial charge in [0.15, 0.2) is 0 Å². The van der Waals surface area contributed by atoms with E-state index >= 15 is 0 Å². The summed E-state index contributed by atoms with van der Waals surface area (Å²) in [6.07, 6.45) is 1.62. The summed E-state index contributed by atoms with van der Waals surface area (Å²) in [7, 11) is 1.70. The average molecular weight is 313 g/mol. The van der Waals surface area contributed by atoms with E-state index in [1.165, 1.54) is 17.2 Å². The highest BCUT2D eigenvalue weighted by atomic mass is 19.1. The van der Waals surface area contributed by atoms with Crippen LogP contribution in [0.5, 0.6) is 5.75 Å². The van der Waals surface area contributed by atoms with Gasteiger partial charge in [0.1, 0.15) is 11.6 Å². The van der Waals surface area contributed by atoms with Gasteiger partial charge in [0.05, 0.1) is 7.11 Å². The lowest BCUT2D eigenvalue weighted by Gasteiger charge is -2.38. The number of fused-ring (bicyclic) bond motifs is 1. The van der Waals surface area contributed by atoms with Crippen LogP contribution in [0.3, 0.4) is 0 Å². The zero-order valence-corrected chi connectivity index (χ0v) is 14.0. The molecular weight excluding hydrogens is 289 g/mol. The van der Waals surface area contributed by atoms with Gasteiger partial charge in [-0.05, 0) is 47.7 Å². The van der Waals surface area contributed by atoms with E-state index in [0.717, 1.165) is 30.7 Å². The molecule has 0 amide bonds. The van der Waals surface area contributed by atoms with Crippen LogP contribution < -0.4 is 10.1 Å². The number of hydrogen-bond acceptors (Lipinski definition) is 2. The molecule has 1 aliphatic rings. The molecule has 1 atom stereocenters. The van der Waals surface area contributed by atoms with Crippen LogP contribution in [0, 0.1) is 5.82 Å². The van der Waals surface area contributed by atoms with Crippen molar-refractivity contribution in [1.29, 1.82) is 0 Å². The number of halogens is 1. The van der Waals surface area contributed by atoms with Gasteiger partial charge < -0.3 is 10.1 Å². The maximum atomic E-state index is 13.8. The summed E-state index contributed by atoms with van der Waals surface area (Å²) in [5.41, 5.74) is 3.49. The van der Waals surface area contributed by atoms with Gasteiger partial charge in [-0.15, -0.1) is 0 Å². The summed E-state index contributed by atoms with van der Waals surface area (Å²) < 4.78 is 19.2. The SMILES string of the molecule is COc1ccc2c(c1)C(C)(C)CNC2CCc1ccccc1F. The molecule has 0 bridgehead atoms. The number of rotatable bonds is 4. The van der Waals surface area contributed by atoms with E-state index in [1.807, 2.05) is 18.2 Å². The fourth-order valence-corrected chi connectivity index (χ4v) is 3.39. The second-order valence-corrected chi connectivity index (χ2v) is 6.90. The van der Waals surface area contributed by atoms with Gasteiger partial charge in [-0.1, -0.05) is 38.1 Å². The molecule has 0 aromatic heterocycles. The third-order valence-electron chi connectivity index (χ3n) is 4.82. The highest BCUT2D eigenvalue weighted by Gasteiger charge is 2.32. The fraction of sp³-hybridized carbons (Fsp3) is 0.400. The van der Waals surface area contributed by atoms with Crippen LogP contribution in [0.2, 0.25) is 0 Å². The van der Waals surface area contributed by atoms with Crippen LogP contribution in [-0.2, 0) is 11.8 Å². The van der Waals surface area contributed by atoms with Crippen molar-refractivity contribution in [3.05, 3.63) is 65.0 Å². The highest BCUT2D eigenvalue weighted by Crippen LogP contribution is 2.38. The second kappa shape index (κ2) is 6.32. The Labute approximate surface area is 137 Å². The van der Waals surface area contributed by atoms with Gasteiger partial charge in [0.25, 0.3) is 0 Å². The number of aryl methyl sites for hydroxylation is 1. The van der Waals surface area contributed by atoms with Crippen molar-refractivity contribution in [2.75, 3.05) is 13.7 Å². The van der Waals surface area contributed by atoms with Crippen LogP contribution in [0.15, 0.2) is 42.5 Å². The van der Waals surface area contributed by atoms with Crippen molar-refractivity contribution >= 4 is 0 Å². The van der Waals surface area contributed by atoms with Crippen molar-refractivity contribution in [2.24, 2.45) is 0 Å². The van der Waals surface area contributed by atoms with Crippen LogP contribution >= 0.6 is 0 Å². The number of methoxy groups -OCH3 is 1. The minimum Gasteiger partial charge on any atom is -0.497 e. The van der Waals surface area contributed by atoms with Gasteiger partial charge in [0.2, 0.25) is 0 Å². The normalized spacial score (nSPS) is 19.2. The molecule has 1 N–H and O–H groups in total. The zero-order valence-electron chi connectivity index (χ0n) is 14.0. The molecule has 1 heterocycles. The van der Waals surface area contributed by atoms with Crippen molar-refractivity contribution in [2.45, 2.75) is 38.1 Å². The van der Waals surface area contributed by atoms with Gasteiger partial charge >= 0.3 is 0 Å².